The molecule has 0 spiro atoms. The molecule has 0 aromatic heterocycles. The Morgan fingerprint density at radius 2 is 1.70 bits per heavy atom. The van der Waals surface area contributed by atoms with Crippen LogP contribution >= 0.6 is 11.6 Å². The number of rotatable bonds is 4. The van der Waals surface area contributed by atoms with Crippen LogP contribution in [0.3, 0.4) is 0 Å². The van der Waals surface area contributed by atoms with Gasteiger partial charge in [0, 0.05) is 12.1 Å². The minimum atomic E-state index is -0.534. The van der Waals surface area contributed by atoms with Gasteiger partial charge in [0.1, 0.15) is 0 Å². The molecule has 144 valence electrons. The fourth-order valence-corrected chi connectivity index (χ4v) is 2.52. The van der Waals surface area contributed by atoms with Crippen LogP contribution in [0.5, 0.6) is 5.75 Å². The highest BCUT2D eigenvalue weighted by atomic mass is 35.5. The Labute approximate surface area is 164 Å². The topological polar surface area (TPSA) is 55.8 Å². The van der Waals surface area contributed by atoms with Crippen LogP contribution in [-0.4, -0.2) is 25.7 Å². The van der Waals surface area contributed by atoms with E-state index in [4.69, 9.17) is 21.1 Å². The third-order valence-electron chi connectivity index (χ3n) is 4.01. The van der Waals surface area contributed by atoms with Crippen LogP contribution in [0.15, 0.2) is 42.5 Å². The first-order chi connectivity index (χ1) is 12.6. The highest BCUT2D eigenvalue weighted by Gasteiger charge is 2.23. The van der Waals surface area contributed by atoms with Gasteiger partial charge in [-0.25, -0.2) is 9.59 Å². The molecule has 0 unspecified atom stereocenters. The zero-order valence-electron chi connectivity index (χ0n) is 16.2. The lowest BCUT2D eigenvalue weighted by atomic mass is 9.86. The number of hydrogen-bond acceptors (Lipinski definition) is 4. The molecular weight excluding hydrogens is 366 g/mol. The summed E-state index contributed by atoms with van der Waals surface area (Å²) in [6, 6.07) is 11.8. The molecule has 2 rings (SSSR count). The molecule has 2 aromatic carbocycles. The molecule has 0 heterocycles. The minimum Gasteiger partial charge on any atom is -0.449 e. The zero-order valence-corrected chi connectivity index (χ0v) is 17.0. The summed E-state index contributed by atoms with van der Waals surface area (Å²) in [5, 5.41) is 0.531. The summed E-state index contributed by atoms with van der Waals surface area (Å²) < 4.78 is 10.6. The van der Waals surface area contributed by atoms with E-state index in [9.17, 15) is 9.59 Å². The van der Waals surface area contributed by atoms with Gasteiger partial charge in [0.25, 0.3) is 0 Å². The lowest BCUT2D eigenvalue weighted by Crippen LogP contribution is -2.28. The number of carbonyl (C=O) groups excluding carboxylic acids is 2. The van der Waals surface area contributed by atoms with Gasteiger partial charge >= 0.3 is 12.1 Å². The van der Waals surface area contributed by atoms with Crippen molar-refractivity contribution in [2.75, 3.05) is 18.6 Å². The number of halogens is 1. The largest absolute Gasteiger partial charge is 0.449 e. The van der Waals surface area contributed by atoms with Gasteiger partial charge in [-0.3, -0.25) is 4.90 Å². The molecule has 27 heavy (non-hydrogen) atoms. The monoisotopic (exact) mass is 389 g/mol. The summed E-state index contributed by atoms with van der Waals surface area (Å²) in [5.74, 6) is -0.257. The molecule has 0 radical (unpaired) electrons. The Morgan fingerprint density at radius 3 is 2.26 bits per heavy atom. The van der Waals surface area contributed by atoms with Crippen LogP contribution < -0.4 is 9.64 Å². The van der Waals surface area contributed by atoms with Crippen molar-refractivity contribution in [2.45, 2.75) is 33.1 Å². The van der Waals surface area contributed by atoms with Crippen LogP contribution in [0.25, 0.3) is 0 Å². The number of benzene rings is 2. The van der Waals surface area contributed by atoms with E-state index in [-0.39, 0.29) is 17.8 Å². The Morgan fingerprint density at radius 1 is 1.07 bits per heavy atom. The number of hydrogen-bond donors (Lipinski definition) is 0. The van der Waals surface area contributed by atoms with Gasteiger partial charge in [0.15, 0.2) is 5.75 Å². The molecule has 0 saturated carbocycles. The number of anilines is 1. The van der Waals surface area contributed by atoms with E-state index in [1.807, 2.05) is 12.1 Å². The predicted molar refractivity (Wildman–Crippen MR) is 107 cm³/mol. The average molecular weight is 390 g/mol. The van der Waals surface area contributed by atoms with Crippen LogP contribution in [0.4, 0.5) is 10.5 Å². The van der Waals surface area contributed by atoms with Crippen molar-refractivity contribution in [2.24, 2.45) is 0 Å². The lowest BCUT2D eigenvalue weighted by molar-refractivity contribution is 0.0734. The third-order valence-corrected chi connectivity index (χ3v) is 4.26. The highest BCUT2D eigenvalue weighted by molar-refractivity contribution is 6.30. The molecule has 6 heteroatoms. The maximum atomic E-state index is 12.5. The fourth-order valence-electron chi connectivity index (χ4n) is 2.40. The van der Waals surface area contributed by atoms with Crippen molar-refractivity contribution in [3.05, 3.63) is 58.6 Å². The van der Waals surface area contributed by atoms with E-state index in [0.717, 1.165) is 5.56 Å². The Balaban J connectivity index is 2.40. The van der Waals surface area contributed by atoms with Crippen molar-refractivity contribution in [3.8, 4) is 5.75 Å². The van der Waals surface area contributed by atoms with Gasteiger partial charge < -0.3 is 9.47 Å². The van der Waals surface area contributed by atoms with Gasteiger partial charge in [0.05, 0.1) is 17.9 Å². The first kappa shape index (κ1) is 20.8. The van der Waals surface area contributed by atoms with Gasteiger partial charge in [-0.1, -0.05) is 38.4 Å². The van der Waals surface area contributed by atoms with Crippen molar-refractivity contribution in [3.63, 3.8) is 0 Å². The molecule has 0 atom stereocenters. The summed E-state index contributed by atoms with van der Waals surface area (Å²) in [6.07, 6.45) is -0.521. The van der Waals surface area contributed by atoms with Crippen LogP contribution in [0, 0.1) is 0 Å². The third kappa shape index (κ3) is 5.23. The van der Waals surface area contributed by atoms with E-state index in [1.54, 1.807) is 44.3 Å². The van der Waals surface area contributed by atoms with E-state index in [0.29, 0.717) is 16.3 Å². The van der Waals surface area contributed by atoms with Gasteiger partial charge in [-0.15, -0.1) is 0 Å². The van der Waals surface area contributed by atoms with E-state index in [1.165, 1.54) is 4.90 Å². The number of esters is 1. The molecule has 0 saturated heterocycles. The first-order valence-electron chi connectivity index (χ1n) is 8.66. The molecule has 1 amide bonds. The van der Waals surface area contributed by atoms with Crippen molar-refractivity contribution in [1.82, 2.24) is 0 Å². The van der Waals surface area contributed by atoms with Gasteiger partial charge in [0.2, 0.25) is 0 Å². The minimum absolute atomic E-state index is 0.136. The molecule has 0 bridgehead atoms. The maximum absolute atomic E-state index is 12.5. The zero-order chi connectivity index (χ0) is 20.2. The molecule has 0 aliphatic heterocycles. The first-order valence-corrected chi connectivity index (χ1v) is 9.04. The van der Waals surface area contributed by atoms with Crippen LogP contribution in [0.1, 0.15) is 43.6 Å². The highest BCUT2D eigenvalue weighted by Crippen LogP contribution is 2.34. The number of amides is 1. The molecule has 0 aliphatic carbocycles. The summed E-state index contributed by atoms with van der Waals surface area (Å²) in [6.45, 7) is 8.18. The fraction of sp³-hybridized carbons (Fsp3) is 0.333. The standard InChI is InChI=1S/C21H24ClNO4/c1-6-26-20(25)23(5)17-13-15(21(2,3)4)9-12-18(17)27-19(24)14-7-10-16(22)11-8-14/h7-13H,6H2,1-5H3. The lowest BCUT2D eigenvalue weighted by Gasteiger charge is -2.24. The second-order valence-electron chi connectivity index (χ2n) is 7.09. The summed E-state index contributed by atoms with van der Waals surface area (Å²) in [7, 11) is 1.58. The Bertz CT molecular complexity index is 825. The molecule has 5 nitrogen and oxygen atoms in total. The van der Waals surface area contributed by atoms with Crippen molar-refractivity contribution in [1.29, 1.82) is 0 Å². The van der Waals surface area contributed by atoms with E-state index < -0.39 is 12.1 Å². The second-order valence-corrected chi connectivity index (χ2v) is 7.52. The summed E-state index contributed by atoms with van der Waals surface area (Å²) >= 11 is 5.86. The average Bonchev–Trinajstić information content (AvgIpc) is 2.61. The van der Waals surface area contributed by atoms with Crippen LogP contribution in [0.2, 0.25) is 5.02 Å². The molecule has 0 aliphatic rings. The summed E-state index contributed by atoms with van der Waals surface area (Å²) in [5.41, 5.74) is 1.69. The second kappa shape index (κ2) is 8.44. The van der Waals surface area contributed by atoms with Crippen molar-refractivity contribution < 1.29 is 19.1 Å². The normalized spacial score (nSPS) is 11.0. The van der Waals surface area contributed by atoms with Crippen LogP contribution in [-0.2, 0) is 10.2 Å². The molecule has 0 N–H and O–H groups in total. The SMILES string of the molecule is CCOC(=O)N(C)c1cc(C(C)(C)C)ccc1OC(=O)c1ccc(Cl)cc1. The van der Waals surface area contributed by atoms with Gasteiger partial charge in [-0.05, 0) is 54.3 Å². The van der Waals surface area contributed by atoms with Crippen molar-refractivity contribution >= 4 is 29.4 Å². The summed E-state index contributed by atoms with van der Waals surface area (Å²) in [4.78, 5) is 26.0. The van der Waals surface area contributed by atoms with E-state index in [2.05, 4.69) is 20.8 Å². The smallest absolute Gasteiger partial charge is 0.414 e. The van der Waals surface area contributed by atoms with E-state index >= 15 is 0 Å². The molecule has 0 fully saturated rings. The predicted octanol–water partition coefficient (Wildman–Crippen LogP) is 5.45. The Hall–Kier alpha value is -2.53. The quantitative estimate of drug-likeness (QED) is 0.515. The van der Waals surface area contributed by atoms with Gasteiger partial charge in [-0.2, -0.15) is 0 Å². The number of carbonyl (C=O) groups is 2. The molecular formula is C21H24ClNO4. The molecule has 2 aromatic rings. The Kier molecular flexibility index (Phi) is 6.50. The number of nitrogens with zero attached hydrogens (tertiary/aromatic N) is 1. The maximum Gasteiger partial charge on any atom is 0.414 e. The number of ether oxygens (including phenoxy) is 2.